The van der Waals surface area contributed by atoms with E-state index in [0.29, 0.717) is 0 Å². The molecular formula is C8H15N3O. The van der Waals surface area contributed by atoms with E-state index >= 15 is 0 Å². The van der Waals surface area contributed by atoms with Crippen LogP contribution in [0, 0.1) is 0 Å². The molecule has 0 aromatic carbocycles. The summed E-state index contributed by atoms with van der Waals surface area (Å²) in [5.41, 5.74) is 0. The van der Waals surface area contributed by atoms with Crippen LogP contribution in [0.4, 0.5) is 0 Å². The van der Waals surface area contributed by atoms with Gasteiger partial charge in [-0.1, -0.05) is 13.3 Å². The smallest absolute Gasteiger partial charge is 0.133 e. The highest BCUT2D eigenvalue weighted by atomic mass is 16.5. The molecule has 4 nitrogen and oxygen atoms in total. The standard InChI is InChI=1S/C8H15N3O/c1-3-4-5-12-8(2)11-6-9-10-7-11/h6-8H,3-5H2,1-2H3/t8-/m0/s1. The highest BCUT2D eigenvalue weighted by Crippen LogP contribution is 2.05. The van der Waals surface area contributed by atoms with Gasteiger partial charge in [0.1, 0.15) is 18.9 Å². The zero-order valence-electron chi connectivity index (χ0n) is 7.60. The number of rotatable bonds is 5. The van der Waals surface area contributed by atoms with Crippen molar-refractivity contribution in [2.45, 2.75) is 32.9 Å². The van der Waals surface area contributed by atoms with Crippen molar-refractivity contribution in [3.8, 4) is 0 Å². The monoisotopic (exact) mass is 169 g/mol. The molecule has 0 amide bonds. The van der Waals surface area contributed by atoms with Crippen molar-refractivity contribution in [3.63, 3.8) is 0 Å². The van der Waals surface area contributed by atoms with Crippen molar-refractivity contribution in [1.82, 2.24) is 14.8 Å². The summed E-state index contributed by atoms with van der Waals surface area (Å²) < 4.78 is 7.35. The molecular weight excluding hydrogens is 154 g/mol. The van der Waals surface area contributed by atoms with Crippen LogP contribution in [0.15, 0.2) is 12.7 Å². The first-order valence-electron chi connectivity index (χ1n) is 4.30. The molecule has 0 fully saturated rings. The minimum atomic E-state index is 0.0477. The highest BCUT2D eigenvalue weighted by molar-refractivity contribution is 4.62. The quantitative estimate of drug-likeness (QED) is 0.629. The molecule has 1 rings (SSSR count). The molecule has 0 radical (unpaired) electrons. The van der Waals surface area contributed by atoms with Gasteiger partial charge in [0.25, 0.3) is 0 Å². The molecule has 0 saturated carbocycles. The summed E-state index contributed by atoms with van der Waals surface area (Å²) in [7, 11) is 0. The summed E-state index contributed by atoms with van der Waals surface area (Å²) in [6.45, 7) is 4.93. The summed E-state index contributed by atoms with van der Waals surface area (Å²) in [5.74, 6) is 0. The van der Waals surface area contributed by atoms with Crippen LogP contribution < -0.4 is 0 Å². The molecule has 68 valence electrons. The topological polar surface area (TPSA) is 39.9 Å². The molecule has 0 saturated heterocycles. The Morgan fingerprint density at radius 1 is 1.42 bits per heavy atom. The lowest BCUT2D eigenvalue weighted by Gasteiger charge is -2.12. The van der Waals surface area contributed by atoms with Crippen molar-refractivity contribution in [2.24, 2.45) is 0 Å². The summed E-state index contributed by atoms with van der Waals surface area (Å²) in [4.78, 5) is 0. The third-order valence-electron chi connectivity index (χ3n) is 1.71. The van der Waals surface area contributed by atoms with Crippen LogP contribution in [0.25, 0.3) is 0 Å². The van der Waals surface area contributed by atoms with Crippen molar-refractivity contribution < 1.29 is 4.74 Å². The van der Waals surface area contributed by atoms with Gasteiger partial charge < -0.3 is 4.74 Å². The Bertz CT molecular complexity index is 198. The van der Waals surface area contributed by atoms with E-state index in [2.05, 4.69) is 17.1 Å². The van der Waals surface area contributed by atoms with Crippen LogP contribution in [-0.4, -0.2) is 21.4 Å². The predicted molar refractivity (Wildman–Crippen MR) is 45.6 cm³/mol. The third kappa shape index (κ3) is 2.62. The minimum Gasteiger partial charge on any atom is -0.358 e. The first-order valence-corrected chi connectivity index (χ1v) is 4.30. The van der Waals surface area contributed by atoms with E-state index in [9.17, 15) is 0 Å². The van der Waals surface area contributed by atoms with E-state index in [1.165, 1.54) is 0 Å². The molecule has 0 aliphatic heterocycles. The lowest BCUT2D eigenvalue weighted by molar-refractivity contribution is 0.0144. The van der Waals surface area contributed by atoms with Crippen LogP contribution in [0.3, 0.4) is 0 Å². The van der Waals surface area contributed by atoms with Gasteiger partial charge in [-0.05, 0) is 13.3 Å². The second-order valence-electron chi connectivity index (χ2n) is 2.73. The Hall–Kier alpha value is -0.900. The highest BCUT2D eigenvalue weighted by Gasteiger charge is 2.02. The maximum atomic E-state index is 5.51. The van der Waals surface area contributed by atoms with Gasteiger partial charge in [0.05, 0.1) is 0 Å². The number of ether oxygens (including phenoxy) is 1. The van der Waals surface area contributed by atoms with Crippen LogP contribution >= 0.6 is 0 Å². The van der Waals surface area contributed by atoms with Gasteiger partial charge in [0.2, 0.25) is 0 Å². The average Bonchev–Trinajstić information content (AvgIpc) is 2.56. The first kappa shape index (κ1) is 9.19. The fourth-order valence-electron chi connectivity index (χ4n) is 0.881. The van der Waals surface area contributed by atoms with Gasteiger partial charge in [-0.25, -0.2) is 0 Å². The number of aromatic nitrogens is 3. The van der Waals surface area contributed by atoms with Gasteiger partial charge in [0, 0.05) is 6.61 Å². The van der Waals surface area contributed by atoms with Crippen LogP contribution in [0.1, 0.15) is 32.9 Å². The van der Waals surface area contributed by atoms with Crippen molar-refractivity contribution in [2.75, 3.05) is 6.61 Å². The van der Waals surface area contributed by atoms with Gasteiger partial charge in [0.15, 0.2) is 0 Å². The molecule has 1 atom stereocenters. The fraction of sp³-hybridized carbons (Fsp3) is 0.750. The predicted octanol–water partition coefficient (Wildman–Crippen LogP) is 1.61. The average molecular weight is 169 g/mol. The second-order valence-corrected chi connectivity index (χ2v) is 2.73. The minimum absolute atomic E-state index is 0.0477. The lowest BCUT2D eigenvalue weighted by Crippen LogP contribution is -2.08. The molecule has 12 heavy (non-hydrogen) atoms. The fourth-order valence-corrected chi connectivity index (χ4v) is 0.881. The zero-order valence-corrected chi connectivity index (χ0v) is 7.60. The molecule has 1 aromatic rings. The number of nitrogens with zero attached hydrogens (tertiary/aromatic N) is 3. The molecule has 4 heteroatoms. The van der Waals surface area contributed by atoms with E-state index in [4.69, 9.17) is 4.74 Å². The molecule has 0 aliphatic rings. The Balaban J connectivity index is 2.25. The Morgan fingerprint density at radius 3 is 2.67 bits per heavy atom. The molecule has 0 spiro atoms. The number of hydrogen-bond donors (Lipinski definition) is 0. The van der Waals surface area contributed by atoms with Gasteiger partial charge in [-0.2, -0.15) is 0 Å². The van der Waals surface area contributed by atoms with E-state index in [0.717, 1.165) is 19.4 Å². The van der Waals surface area contributed by atoms with E-state index in [1.54, 1.807) is 12.7 Å². The molecule has 0 N–H and O–H groups in total. The molecule has 0 aliphatic carbocycles. The zero-order chi connectivity index (χ0) is 8.81. The SMILES string of the molecule is CCCCO[C@@H](C)n1cnnc1. The van der Waals surface area contributed by atoms with Crippen molar-refractivity contribution in [3.05, 3.63) is 12.7 Å². The largest absolute Gasteiger partial charge is 0.358 e. The van der Waals surface area contributed by atoms with Crippen molar-refractivity contribution in [1.29, 1.82) is 0 Å². The molecule has 0 bridgehead atoms. The van der Waals surface area contributed by atoms with Crippen LogP contribution in [0.2, 0.25) is 0 Å². The van der Waals surface area contributed by atoms with Gasteiger partial charge >= 0.3 is 0 Å². The van der Waals surface area contributed by atoms with Crippen LogP contribution in [0.5, 0.6) is 0 Å². The van der Waals surface area contributed by atoms with Gasteiger partial charge in [-0.15, -0.1) is 10.2 Å². The van der Waals surface area contributed by atoms with E-state index in [1.807, 2.05) is 11.5 Å². The summed E-state index contributed by atoms with van der Waals surface area (Å²) in [6.07, 6.45) is 5.64. The summed E-state index contributed by atoms with van der Waals surface area (Å²) in [6, 6.07) is 0. The Labute approximate surface area is 72.6 Å². The van der Waals surface area contributed by atoms with E-state index < -0.39 is 0 Å². The Kier molecular flexibility index (Phi) is 3.73. The summed E-state index contributed by atoms with van der Waals surface area (Å²) in [5, 5.41) is 7.41. The van der Waals surface area contributed by atoms with Gasteiger partial charge in [-0.3, -0.25) is 4.57 Å². The maximum Gasteiger partial charge on any atom is 0.133 e. The first-order chi connectivity index (χ1) is 5.84. The third-order valence-corrected chi connectivity index (χ3v) is 1.71. The lowest BCUT2D eigenvalue weighted by atomic mass is 10.4. The number of hydrogen-bond acceptors (Lipinski definition) is 3. The number of unbranched alkanes of at least 4 members (excludes halogenated alkanes) is 1. The van der Waals surface area contributed by atoms with E-state index in [-0.39, 0.29) is 6.23 Å². The Morgan fingerprint density at radius 2 is 2.08 bits per heavy atom. The second kappa shape index (κ2) is 4.87. The maximum absolute atomic E-state index is 5.51. The van der Waals surface area contributed by atoms with Crippen molar-refractivity contribution >= 4 is 0 Å². The molecule has 1 heterocycles. The summed E-state index contributed by atoms with van der Waals surface area (Å²) >= 11 is 0. The van der Waals surface area contributed by atoms with Crippen LogP contribution in [-0.2, 0) is 4.74 Å². The molecule has 1 aromatic heterocycles. The molecule has 0 unspecified atom stereocenters. The normalized spacial score (nSPS) is 13.2.